The third kappa shape index (κ3) is 5.18. The fourth-order valence-corrected chi connectivity index (χ4v) is 6.52. The van der Waals surface area contributed by atoms with E-state index in [0.29, 0.717) is 27.7 Å². The predicted molar refractivity (Wildman–Crippen MR) is 141 cm³/mol. The second-order valence-corrected chi connectivity index (χ2v) is 10.8. The van der Waals surface area contributed by atoms with Crippen LogP contribution >= 0.6 is 22.9 Å². The molecule has 34 heavy (non-hydrogen) atoms. The molecule has 5 rings (SSSR count). The van der Waals surface area contributed by atoms with E-state index in [0.717, 1.165) is 34.6 Å². The second kappa shape index (κ2) is 10.8. The Bertz CT molecular complexity index is 1150. The highest BCUT2D eigenvalue weighted by molar-refractivity contribution is 7.20. The van der Waals surface area contributed by atoms with Gasteiger partial charge in [0.25, 0.3) is 5.91 Å². The van der Waals surface area contributed by atoms with Gasteiger partial charge in [-0.2, -0.15) is 0 Å². The molecule has 1 N–H and O–H groups in total. The molecule has 4 heterocycles. The number of amides is 1. The Labute approximate surface area is 210 Å². The fourth-order valence-electron chi connectivity index (χ4n) is 5.30. The Morgan fingerprint density at radius 3 is 2.71 bits per heavy atom. The first kappa shape index (κ1) is 23.8. The number of hydrogen-bond acceptors (Lipinski definition) is 6. The number of carbonyl (C=O) groups excluding carboxylic acids is 1. The van der Waals surface area contributed by atoms with Gasteiger partial charge < -0.3 is 19.9 Å². The molecular formula is C26H33ClN4O2S. The molecule has 2 aliphatic rings. The molecule has 6 nitrogen and oxygen atoms in total. The van der Waals surface area contributed by atoms with Crippen LogP contribution in [0.1, 0.15) is 48.2 Å². The lowest BCUT2D eigenvalue weighted by Gasteiger charge is -2.40. The molecule has 2 aromatic heterocycles. The van der Waals surface area contributed by atoms with Crippen LogP contribution in [0.3, 0.4) is 0 Å². The van der Waals surface area contributed by atoms with Crippen molar-refractivity contribution >= 4 is 50.0 Å². The van der Waals surface area contributed by atoms with Gasteiger partial charge in [-0.1, -0.05) is 18.0 Å². The first-order chi connectivity index (χ1) is 16.6. The molecule has 0 saturated carbocycles. The number of methoxy groups -OCH3 is 1. The number of nitrogens with one attached hydrogen (secondary N) is 1. The molecule has 2 saturated heterocycles. The van der Waals surface area contributed by atoms with Crippen LogP contribution in [0.4, 0.5) is 0 Å². The summed E-state index contributed by atoms with van der Waals surface area (Å²) in [6.45, 7) is 6.68. The largest absolute Gasteiger partial charge is 0.495 e. The van der Waals surface area contributed by atoms with Crippen LogP contribution in [0.25, 0.3) is 21.1 Å². The SMILES string of the molecule is COc1ccc2cc3cc(C(=O)NCCCN4CCC(N5CCCCC5)CC4)sc3nc2c1Cl. The molecule has 182 valence electrons. The van der Waals surface area contributed by atoms with Crippen molar-refractivity contribution in [1.29, 1.82) is 0 Å². The maximum absolute atomic E-state index is 12.8. The minimum absolute atomic E-state index is 0.0282. The zero-order valence-electron chi connectivity index (χ0n) is 19.8. The van der Waals surface area contributed by atoms with Crippen LogP contribution in [-0.2, 0) is 0 Å². The minimum atomic E-state index is -0.0282. The number of benzene rings is 1. The molecule has 0 unspecified atom stereocenters. The predicted octanol–water partition coefficient (Wildman–Crippen LogP) is 5.18. The van der Waals surface area contributed by atoms with Crippen LogP contribution in [-0.4, -0.2) is 73.1 Å². The Kier molecular flexibility index (Phi) is 7.54. The van der Waals surface area contributed by atoms with E-state index in [1.54, 1.807) is 7.11 Å². The van der Waals surface area contributed by atoms with E-state index < -0.39 is 0 Å². The second-order valence-electron chi connectivity index (χ2n) is 9.43. The number of nitrogens with zero attached hydrogens (tertiary/aromatic N) is 3. The normalized spacial score (nSPS) is 18.5. The van der Waals surface area contributed by atoms with Gasteiger partial charge in [-0.15, -0.1) is 11.3 Å². The highest BCUT2D eigenvalue weighted by Gasteiger charge is 2.25. The molecule has 2 aliphatic heterocycles. The average Bonchev–Trinajstić information content (AvgIpc) is 3.30. The van der Waals surface area contributed by atoms with Crippen molar-refractivity contribution in [2.45, 2.75) is 44.6 Å². The number of aromatic nitrogens is 1. The number of fused-ring (bicyclic) bond motifs is 2. The number of piperidine rings is 2. The van der Waals surface area contributed by atoms with Crippen molar-refractivity contribution in [3.8, 4) is 5.75 Å². The van der Waals surface area contributed by atoms with Crippen LogP contribution < -0.4 is 10.1 Å². The van der Waals surface area contributed by atoms with Crippen LogP contribution in [0.15, 0.2) is 24.3 Å². The number of hydrogen-bond donors (Lipinski definition) is 1. The molecule has 8 heteroatoms. The average molecular weight is 501 g/mol. The maximum Gasteiger partial charge on any atom is 0.261 e. The molecule has 0 aliphatic carbocycles. The van der Waals surface area contributed by atoms with E-state index in [4.69, 9.17) is 21.3 Å². The molecule has 0 bridgehead atoms. The summed E-state index contributed by atoms with van der Waals surface area (Å²) in [5.41, 5.74) is 0.700. The van der Waals surface area contributed by atoms with Crippen molar-refractivity contribution in [1.82, 2.24) is 20.1 Å². The number of ether oxygens (including phenoxy) is 1. The van der Waals surface area contributed by atoms with Gasteiger partial charge in [0.2, 0.25) is 0 Å². The number of halogens is 1. The van der Waals surface area contributed by atoms with Gasteiger partial charge in [0, 0.05) is 23.4 Å². The van der Waals surface area contributed by atoms with Crippen LogP contribution in [0.5, 0.6) is 5.75 Å². The Balaban J connectivity index is 1.11. The van der Waals surface area contributed by atoms with Crippen molar-refractivity contribution in [2.24, 2.45) is 0 Å². The van der Waals surface area contributed by atoms with Gasteiger partial charge in [-0.3, -0.25) is 4.79 Å². The summed E-state index contributed by atoms with van der Waals surface area (Å²) in [5, 5.41) is 5.49. The minimum Gasteiger partial charge on any atom is -0.495 e. The van der Waals surface area contributed by atoms with E-state index >= 15 is 0 Å². The number of likely N-dealkylation sites (tertiary alicyclic amines) is 2. The Morgan fingerprint density at radius 2 is 1.94 bits per heavy atom. The number of rotatable bonds is 7. The molecule has 0 radical (unpaired) electrons. The summed E-state index contributed by atoms with van der Waals surface area (Å²) in [5.74, 6) is 0.575. The topological polar surface area (TPSA) is 57.7 Å². The third-order valence-corrected chi connectivity index (χ3v) is 8.63. The molecule has 1 aromatic carbocycles. The van der Waals surface area contributed by atoms with Gasteiger partial charge in [0.05, 0.1) is 17.5 Å². The third-order valence-electron chi connectivity index (χ3n) is 7.22. The highest BCUT2D eigenvalue weighted by atomic mass is 35.5. The van der Waals surface area contributed by atoms with Crippen LogP contribution in [0.2, 0.25) is 5.02 Å². The van der Waals surface area contributed by atoms with Crippen molar-refractivity contribution in [3.63, 3.8) is 0 Å². The van der Waals surface area contributed by atoms with E-state index in [-0.39, 0.29) is 5.91 Å². The van der Waals surface area contributed by atoms with Gasteiger partial charge >= 0.3 is 0 Å². The van der Waals surface area contributed by atoms with Crippen molar-refractivity contribution < 1.29 is 9.53 Å². The lowest BCUT2D eigenvalue weighted by molar-refractivity contribution is 0.0904. The van der Waals surface area contributed by atoms with Crippen LogP contribution in [0, 0.1) is 0 Å². The summed E-state index contributed by atoms with van der Waals surface area (Å²) in [6, 6.07) is 8.52. The zero-order chi connectivity index (χ0) is 23.5. The summed E-state index contributed by atoms with van der Waals surface area (Å²) in [6.07, 6.45) is 7.68. The first-order valence-electron chi connectivity index (χ1n) is 12.4. The van der Waals surface area contributed by atoms with E-state index in [1.807, 2.05) is 24.3 Å². The lowest BCUT2D eigenvalue weighted by atomic mass is 10.00. The van der Waals surface area contributed by atoms with Gasteiger partial charge in [-0.05, 0) is 89.1 Å². The molecule has 0 spiro atoms. The highest BCUT2D eigenvalue weighted by Crippen LogP contribution is 2.35. The van der Waals surface area contributed by atoms with Gasteiger partial charge in [0.15, 0.2) is 0 Å². The number of pyridine rings is 1. The van der Waals surface area contributed by atoms with Gasteiger partial charge in [-0.25, -0.2) is 4.98 Å². The standard InChI is InChI=1S/C26H33ClN4O2S/c1-33-21-7-6-18-16-19-17-22(34-26(19)29-24(18)23(21)27)25(32)28-10-5-11-30-14-8-20(9-15-30)31-12-3-2-4-13-31/h6-7,16-17,20H,2-5,8-15H2,1H3,(H,28,32). The molecule has 0 atom stereocenters. The summed E-state index contributed by atoms with van der Waals surface area (Å²) < 4.78 is 5.30. The monoisotopic (exact) mass is 500 g/mol. The maximum atomic E-state index is 12.8. The van der Waals surface area contributed by atoms with Crippen molar-refractivity contribution in [2.75, 3.05) is 46.4 Å². The van der Waals surface area contributed by atoms with Crippen molar-refractivity contribution in [3.05, 3.63) is 34.2 Å². The molecule has 1 amide bonds. The van der Waals surface area contributed by atoms with E-state index in [2.05, 4.69) is 15.1 Å². The summed E-state index contributed by atoms with van der Waals surface area (Å²) >= 11 is 7.84. The molecule has 3 aromatic rings. The molecule has 2 fully saturated rings. The Hall–Kier alpha value is -1.93. The van der Waals surface area contributed by atoms with E-state index in [9.17, 15) is 4.79 Å². The summed E-state index contributed by atoms with van der Waals surface area (Å²) in [4.78, 5) is 24.2. The number of carbonyl (C=O) groups is 1. The summed E-state index contributed by atoms with van der Waals surface area (Å²) in [7, 11) is 1.59. The first-order valence-corrected chi connectivity index (χ1v) is 13.6. The quantitative estimate of drug-likeness (QED) is 0.453. The van der Waals surface area contributed by atoms with E-state index in [1.165, 1.54) is 69.6 Å². The number of thiophene rings is 1. The fraction of sp³-hybridized carbons (Fsp3) is 0.538. The smallest absolute Gasteiger partial charge is 0.261 e. The Morgan fingerprint density at radius 1 is 1.15 bits per heavy atom. The zero-order valence-corrected chi connectivity index (χ0v) is 21.4. The lowest BCUT2D eigenvalue weighted by Crippen LogP contribution is -2.47. The van der Waals surface area contributed by atoms with Gasteiger partial charge in [0.1, 0.15) is 15.6 Å². The molecular weight excluding hydrogens is 468 g/mol.